The van der Waals surface area contributed by atoms with Crippen molar-refractivity contribution in [3.63, 3.8) is 0 Å². The topological polar surface area (TPSA) is 43.8 Å². The number of piperidine rings is 1. The molecule has 0 spiro atoms. The van der Waals surface area contributed by atoms with Gasteiger partial charge in [-0.05, 0) is 61.2 Å². The molecule has 1 unspecified atom stereocenters. The van der Waals surface area contributed by atoms with Gasteiger partial charge in [-0.25, -0.2) is 8.78 Å². The summed E-state index contributed by atoms with van der Waals surface area (Å²) in [6.45, 7) is 3.60. The molecule has 3 atom stereocenters. The number of aromatic hydroxyl groups is 1. The van der Waals surface area contributed by atoms with Gasteiger partial charge in [-0.3, -0.25) is 9.69 Å². The number of benzene rings is 2. The van der Waals surface area contributed by atoms with E-state index in [-0.39, 0.29) is 36.0 Å². The summed E-state index contributed by atoms with van der Waals surface area (Å²) in [4.78, 5) is 16.6. The third-order valence-electron chi connectivity index (χ3n) is 6.21. The number of carbonyl (C=O) groups excluding carboxylic acids is 1. The summed E-state index contributed by atoms with van der Waals surface area (Å²) < 4.78 is 28.7. The van der Waals surface area contributed by atoms with E-state index in [1.165, 1.54) is 6.07 Å². The maximum Gasteiger partial charge on any atom is 0.240 e. The number of nitrogens with zero attached hydrogens (tertiary/aromatic N) is 2. The minimum Gasteiger partial charge on any atom is -0.508 e. The Morgan fingerprint density at radius 3 is 2.55 bits per heavy atom. The number of phenolic OH excluding ortho intramolecular Hbond substituents is 1. The van der Waals surface area contributed by atoms with E-state index in [1.807, 2.05) is 11.0 Å². The average molecular weight is 400 g/mol. The monoisotopic (exact) mass is 400 g/mol. The number of hydrogen-bond acceptors (Lipinski definition) is 3. The molecule has 0 aliphatic carbocycles. The van der Waals surface area contributed by atoms with Crippen molar-refractivity contribution in [2.24, 2.45) is 0 Å². The fourth-order valence-electron chi connectivity index (χ4n) is 4.48. The Balaban J connectivity index is 1.38. The standard InChI is InChI=1S/C23H26F2N2O2/c1-15-2-3-16(12-20(15)24)13-27-11-9-22(23(27)29)26-10-8-19(21(25)14-26)17-4-6-18(28)7-5-17/h2-7,12,19,21-22,28H,8-11,13-14H2,1H3/t19-,21+,22?/m1/s1. The van der Waals surface area contributed by atoms with Gasteiger partial charge in [0, 0.05) is 25.6 Å². The van der Waals surface area contributed by atoms with Gasteiger partial charge in [-0.15, -0.1) is 0 Å². The van der Waals surface area contributed by atoms with Crippen LogP contribution >= 0.6 is 0 Å². The molecule has 4 rings (SSSR count). The van der Waals surface area contributed by atoms with Crippen LogP contribution in [0.3, 0.4) is 0 Å². The molecule has 29 heavy (non-hydrogen) atoms. The van der Waals surface area contributed by atoms with Gasteiger partial charge in [-0.1, -0.05) is 24.3 Å². The molecule has 4 nitrogen and oxygen atoms in total. The highest BCUT2D eigenvalue weighted by Crippen LogP contribution is 2.33. The lowest BCUT2D eigenvalue weighted by atomic mass is 9.87. The van der Waals surface area contributed by atoms with Crippen molar-refractivity contribution in [3.05, 3.63) is 65.0 Å². The van der Waals surface area contributed by atoms with E-state index in [2.05, 4.69) is 0 Å². The zero-order chi connectivity index (χ0) is 20.5. The van der Waals surface area contributed by atoms with Crippen LogP contribution in [-0.2, 0) is 11.3 Å². The largest absolute Gasteiger partial charge is 0.508 e. The lowest BCUT2D eigenvalue weighted by Gasteiger charge is -2.37. The van der Waals surface area contributed by atoms with E-state index in [0.717, 1.165) is 11.1 Å². The first-order chi connectivity index (χ1) is 13.9. The summed E-state index contributed by atoms with van der Waals surface area (Å²) in [5.74, 6) is -0.301. The molecule has 2 heterocycles. The molecule has 1 N–H and O–H groups in total. The molecule has 2 saturated heterocycles. The first kappa shape index (κ1) is 19.8. The van der Waals surface area contributed by atoms with E-state index in [4.69, 9.17) is 0 Å². The van der Waals surface area contributed by atoms with Gasteiger partial charge >= 0.3 is 0 Å². The first-order valence-corrected chi connectivity index (χ1v) is 10.1. The zero-order valence-electron chi connectivity index (χ0n) is 16.5. The third-order valence-corrected chi connectivity index (χ3v) is 6.21. The molecule has 0 saturated carbocycles. The predicted molar refractivity (Wildman–Crippen MR) is 107 cm³/mol. The number of amides is 1. The van der Waals surface area contributed by atoms with Crippen LogP contribution in [0.2, 0.25) is 0 Å². The van der Waals surface area contributed by atoms with Crippen LogP contribution in [0.15, 0.2) is 42.5 Å². The number of likely N-dealkylation sites (tertiary alicyclic amines) is 2. The fraction of sp³-hybridized carbons (Fsp3) is 0.435. The van der Waals surface area contributed by atoms with Crippen LogP contribution in [0.1, 0.15) is 35.4 Å². The summed E-state index contributed by atoms with van der Waals surface area (Å²) in [6, 6.07) is 11.5. The minimum absolute atomic E-state index is 0.00117. The summed E-state index contributed by atoms with van der Waals surface area (Å²) in [5.41, 5.74) is 2.25. The van der Waals surface area contributed by atoms with Crippen molar-refractivity contribution in [2.75, 3.05) is 19.6 Å². The second-order valence-corrected chi connectivity index (χ2v) is 8.15. The molecule has 0 radical (unpaired) electrons. The van der Waals surface area contributed by atoms with Gasteiger partial charge in [0.25, 0.3) is 0 Å². The quantitative estimate of drug-likeness (QED) is 0.850. The summed E-state index contributed by atoms with van der Waals surface area (Å²) in [7, 11) is 0. The van der Waals surface area contributed by atoms with Crippen molar-refractivity contribution in [3.8, 4) is 5.75 Å². The fourth-order valence-corrected chi connectivity index (χ4v) is 4.48. The van der Waals surface area contributed by atoms with E-state index >= 15 is 0 Å². The van der Waals surface area contributed by atoms with Crippen LogP contribution < -0.4 is 0 Å². The number of alkyl halides is 1. The maximum atomic E-state index is 14.9. The Morgan fingerprint density at radius 2 is 1.86 bits per heavy atom. The van der Waals surface area contributed by atoms with E-state index in [1.54, 1.807) is 42.2 Å². The van der Waals surface area contributed by atoms with Crippen molar-refractivity contribution >= 4 is 5.91 Å². The summed E-state index contributed by atoms with van der Waals surface area (Å²) >= 11 is 0. The van der Waals surface area contributed by atoms with Crippen molar-refractivity contribution in [1.82, 2.24) is 9.80 Å². The average Bonchev–Trinajstić information content (AvgIpc) is 3.06. The molecule has 6 heteroatoms. The van der Waals surface area contributed by atoms with Crippen LogP contribution in [0, 0.1) is 12.7 Å². The highest BCUT2D eigenvalue weighted by atomic mass is 19.1. The number of aryl methyl sites for hydroxylation is 1. The Morgan fingerprint density at radius 1 is 1.10 bits per heavy atom. The van der Waals surface area contributed by atoms with Gasteiger partial charge in [-0.2, -0.15) is 0 Å². The molecular formula is C23H26F2N2O2. The Labute approximate surface area is 169 Å². The lowest BCUT2D eigenvalue weighted by molar-refractivity contribution is -0.133. The highest BCUT2D eigenvalue weighted by molar-refractivity contribution is 5.84. The van der Waals surface area contributed by atoms with Crippen LogP contribution in [-0.4, -0.2) is 52.7 Å². The number of halogens is 2. The molecule has 2 aliphatic heterocycles. The molecule has 0 bridgehead atoms. The van der Waals surface area contributed by atoms with Gasteiger partial charge in [0.1, 0.15) is 17.7 Å². The van der Waals surface area contributed by atoms with Crippen LogP contribution in [0.5, 0.6) is 5.75 Å². The second kappa shape index (κ2) is 8.11. The van der Waals surface area contributed by atoms with Crippen molar-refractivity contribution < 1.29 is 18.7 Å². The Kier molecular flexibility index (Phi) is 5.54. The molecular weight excluding hydrogens is 374 g/mol. The molecule has 2 aliphatic rings. The molecule has 0 aromatic heterocycles. The van der Waals surface area contributed by atoms with E-state index in [9.17, 15) is 18.7 Å². The number of carbonyl (C=O) groups is 1. The molecule has 2 aromatic rings. The minimum atomic E-state index is -1.05. The molecule has 2 aromatic carbocycles. The number of hydrogen-bond donors (Lipinski definition) is 1. The molecule has 2 fully saturated rings. The predicted octanol–water partition coefficient (Wildman–Crippen LogP) is 3.77. The van der Waals surface area contributed by atoms with Crippen molar-refractivity contribution in [2.45, 2.75) is 44.4 Å². The zero-order valence-corrected chi connectivity index (χ0v) is 16.5. The van der Waals surface area contributed by atoms with Gasteiger partial charge < -0.3 is 10.0 Å². The lowest BCUT2D eigenvalue weighted by Crippen LogP contribution is -2.49. The molecule has 154 valence electrons. The first-order valence-electron chi connectivity index (χ1n) is 10.1. The second-order valence-electron chi connectivity index (χ2n) is 8.15. The third kappa shape index (κ3) is 4.13. The Bertz CT molecular complexity index is 887. The Hall–Kier alpha value is -2.47. The van der Waals surface area contributed by atoms with Gasteiger partial charge in [0.15, 0.2) is 0 Å². The van der Waals surface area contributed by atoms with E-state index < -0.39 is 6.17 Å². The SMILES string of the molecule is Cc1ccc(CN2CCC(N3CC[C@H](c4ccc(O)cc4)[C@@H](F)C3)C2=O)cc1F. The smallest absolute Gasteiger partial charge is 0.240 e. The number of phenols is 1. The molecule has 1 amide bonds. The number of rotatable bonds is 4. The van der Waals surface area contributed by atoms with Gasteiger partial charge in [0.2, 0.25) is 5.91 Å². The van der Waals surface area contributed by atoms with Crippen molar-refractivity contribution in [1.29, 1.82) is 0 Å². The highest BCUT2D eigenvalue weighted by Gasteiger charge is 2.40. The maximum absolute atomic E-state index is 14.9. The normalized spacial score (nSPS) is 25.6. The van der Waals surface area contributed by atoms with Crippen LogP contribution in [0.25, 0.3) is 0 Å². The van der Waals surface area contributed by atoms with Crippen LogP contribution in [0.4, 0.5) is 8.78 Å². The van der Waals surface area contributed by atoms with E-state index in [0.29, 0.717) is 38.0 Å². The van der Waals surface area contributed by atoms with Gasteiger partial charge in [0.05, 0.1) is 6.04 Å². The summed E-state index contributed by atoms with van der Waals surface area (Å²) in [5, 5.41) is 9.43. The summed E-state index contributed by atoms with van der Waals surface area (Å²) in [6.07, 6.45) is 0.254.